The Balaban J connectivity index is 2.31. The van der Waals surface area contributed by atoms with Crippen LogP contribution in [0.2, 0.25) is 0 Å². The second-order valence-electron chi connectivity index (χ2n) is 5.36. The molecule has 1 aliphatic rings. The van der Waals surface area contributed by atoms with Crippen LogP contribution in [0.1, 0.15) is 46.0 Å². The molecule has 1 rings (SSSR count). The zero-order valence-electron chi connectivity index (χ0n) is 12.1. The molecule has 0 aromatic carbocycles. The lowest BCUT2D eigenvalue weighted by Crippen LogP contribution is -2.40. The highest BCUT2D eigenvalue weighted by Gasteiger charge is 2.19. The number of piperidine rings is 1. The van der Waals surface area contributed by atoms with Gasteiger partial charge < -0.3 is 15.0 Å². The van der Waals surface area contributed by atoms with E-state index in [0.717, 1.165) is 13.0 Å². The van der Waals surface area contributed by atoms with Crippen molar-refractivity contribution in [3.8, 4) is 0 Å². The van der Waals surface area contributed by atoms with E-state index in [1.807, 2.05) is 4.90 Å². The van der Waals surface area contributed by atoms with Crippen LogP contribution in [0.5, 0.6) is 0 Å². The van der Waals surface area contributed by atoms with E-state index >= 15 is 0 Å². The zero-order valence-corrected chi connectivity index (χ0v) is 12.1. The highest BCUT2D eigenvalue weighted by Crippen LogP contribution is 2.13. The van der Waals surface area contributed by atoms with Crippen molar-refractivity contribution in [3.05, 3.63) is 0 Å². The van der Waals surface area contributed by atoms with Gasteiger partial charge in [0, 0.05) is 32.2 Å². The number of amides is 1. The van der Waals surface area contributed by atoms with Crippen LogP contribution in [0, 0.1) is 0 Å². The van der Waals surface area contributed by atoms with Crippen LogP contribution in [-0.2, 0) is 9.53 Å². The molecule has 4 nitrogen and oxygen atoms in total. The van der Waals surface area contributed by atoms with E-state index < -0.39 is 0 Å². The fourth-order valence-corrected chi connectivity index (χ4v) is 2.47. The molecular formula is C14H28N2O2. The van der Waals surface area contributed by atoms with E-state index in [0.29, 0.717) is 25.6 Å². The standard InChI is InChI=1S/C14H28N2O2/c1-12(2)16(10-11-18-3)14(17)8-7-13-6-4-5-9-15-13/h12-13,15H,4-11H2,1-3H3. The minimum Gasteiger partial charge on any atom is -0.383 e. The Kier molecular flexibility index (Phi) is 7.28. The lowest BCUT2D eigenvalue weighted by atomic mass is 10.00. The first-order valence-electron chi connectivity index (χ1n) is 7.17. The summed E-state index contributed by atoms with van der Waals surface area (Å²) in [4.78, 5) is 14.1. The molecule has 0 spiro atoms. The third-order valence-electron chi connectivity index (χ3n) is 3.60. The monoisotopic (exact) mass is 256 g/mol. The quantitative estimate of drug-likeness (QED) is 0.755. The smallest absolute Gasteiger partial charge is 0.222 e. The van der Waals surface area contributed by atoms with Gasteiger partial charge in [-0.25, -0.2) is 0 Å². The number of nitrogens with one attached hydrogen (secondary N) is 1. The Morgan fingerprint density at radius 2 is 2.22 bits per heavy atom. The normalized spacial score (nSPS) is 20.1. The average Bonchev–Trinajstić information content (AvgIpc) is 2.37. The van der Waals surface area contributed by atoms with Crippen molar-refractivity contribution in [2.75, 3.05) is 26.8 Å². The molecule has 0 radical (unpaired) electrons. The summed E-state index contributed by atoms with van der Waals surface area (Å²) in [5.74, 6) is 0.259. The van der Waals surface area contributed by atoms with Gasteiger partial charge in [-0.2, -0.15) is 0 Å². The Labute approximate surface area is 111 Å². The summed E-state index contributed by atoms with van der Waals surface area (Å²) < 4.78 is 5.06. The van der Waals surface area contributed by atoms with E-state index in [-0.39, 0.29) is 11.9 Å². The molecule has 1 atom stereocenters. The van der Waals surface area contributed by atoms with Crippen LogP contribution in [0.25, 0.3) is 0 Å². The predicted molar refractivity (Wildman–Crippen MR) is 73.6 cm³/mol. The maximum absolute atomic E-state index is 12.2. The van der Waals surface area contributed by atoms with Gasteiger partial charge in [0.05, 0.1) is 6.61 Å². The number of hydrogen-bond donors (Lipinski definition) is 1. The fourth-order valence-electron chi connectivity index (χ4n) is 2.47. The molecule has 1 N–H and O–H groups in total. The molecule has 106 valence electrons. The Morgan fingerprint density at radius 3 is 2.78 bits per heavy atom. The molecule has 1 heterocycles. The van der Waals surface area contributed by atoms with Gasteiger partial charge in [-0.15, -0.1) is 0 Å². The van der Waals surface area contributed by atoms with Gasteiger partial charge in [0.25, 0.3) is 0 Å². The molecule has 4 heteroatoms. The summed E-state index contributed by atoms with van der Waals surface area (Å²) in [5.41, 5.74) is 0. The van der Waals surface area contributed by atoms with Crippen molar-refractivity contribution >= 4 is 5.91 Å². The van der Waals surface area contributed by atoms with Crippen molar-refractivity contribution in [3.63, 3.8) is 0 Å². The number of hydrogen-bond acceptors (Lipinski definition) is 3. The molecule has 0 aromatic rings. The zero-order chi connectivity index (χ0) is 13.4. The van der Waals surface area contributed by atoms with Gasteiger partial charge in [-0.3, -0.25) is 4.79 Å². The summed E-state index contributed by atoms with van der Waals surface area (Å²) in [6.45, 7) is 6.55. The molecule has 0 bridgehead atoms. The number of ether oxygens (including phenoxy) is 1. The fraction of sp³-hybridized carbons (Fsp3) is 0.929. The molecule has 1 aliphatic heterocycles. The van der Waals surface area contributed by atoms with Gasteiger partial charge in [0.15, 0.2) is 0 Å². The third kappa shape index (κ3) is 5.36. The lowest BCUT2D eigenvalue weighted by Gasteiger charge is -2.28. The summed E-state index contributed by atoms with van der Waals surface area (Å²) >= 11 is 0. The van der Waals surface area contributed by atoms with Crippen molar-refractivity contribution in [1.29, 1.82) is 0 Å². The summed E-state index contributed by atoms with van der Waals surface area (Å²) in [5, 5.41) is 3.49. The van der Waals surface area contributed by atoms with E-state index in [9.17, 15) is 4.79 Å². The first-order chi connectivity index (χ1) is 8.65. The maximum atomic E-state index is 12.2. The Hall–Kier alpha value is -0.610. The maximum Gasteiger partial charge on any atom is 0.222 e. The minimum absolute atomic E-state index is 0.256. The summed E-state index contributed by atoms with van der Waals surface area (Å²) in [7, 11) is 1.68. The van der Waals surface area contributed by atoms with Gasteiger partial charge in [0.1, 0.15) is 0 Å². The number of methoxy groups -OCH3 is 1. The lowest BCUT2D eigenvalue weighted by molar-refractivity contribution is -0.133. The molecule has 0 aromatic heterocycles. The molecule has 1 fully saturated rings. The van der Waals surface area contributed by atoms with E-state index in [1.54, 1.807) is 7.11 Å². The largest absolute Gasteiger partial charge is 0.383 e. The number of carbonyl (C=O) groups excluding carboxylic acids is 1. The van der Waals surface area contributed by atoms with Gasteiger partial charge >= 0.3 is 0 Å². The van der Waals surface area contributed by atoms with Crippen molar-refractivity contribution in [2.45, 2.75) is 58.0 Å². The molecule has 18 heavy (non-hydrogen) atoms. The average molecular weight is 256 g/mol. The van der Waals surface area contributed by atoms with E-state index in [4.69, 9.17) is 4.74 Å². The van der Waals surface area contributed by atoms with Crippen LogP contribution in [0.15, 0.2) is 0 Å². The first-order valence-corrected chi connectivity index (χ1v) is 7.17. The van der Waals surface area contributed by atoms with Crippen LogP contribution < -0.4 is 5.32 Å². The van der Waals surface area contributed by atoms with Gasteiger partial charge in [-0.1, -0.05) is 6.42 Å². The number of nitrogens with zero attached hydrogens (tertiary/aromatic N) is 1. The minimum atomic E-state index is 0.256. The second kappa shape index (κ2) is 8.48. The molecule has 0 aliphatic carbocycles. The number of rotatable bonds is 7. The molecule has 0 saturated carbocycles. The topological polar surface area (TPSA) is 41.6 Å². The summed E-state index contributed by atoms with van der Waals surface area (Å²) in [6, 6.07) is 0.797. The van der Waals surface area contributed by atoms with Crippen molar-refractivity contribution < 1.29 is 9.53 Å². The van der Waals surface area contributed by atoms with E-state index in [1.165, 1.54) is 19.3 Å². The van der Waals surface area contributed by atoms with Gasteiger partial charge in [0.2, 0.25) is 5.91 Å². The second-order valence-corrected chi connectivity index (χ2v) is 5.36. The number of carbonyl (C=O) groups is 1. The Morgan fingerprint density at radius 1 is 1.44 bits per heavy atom. The molecule has 1 amide bonds. The SMILES string of the molecule is COCCN(C(=O)CCC1CCCCN1)C(C)C. The van der Waals surface area contributed by atoms with Crippen molar-refractivity contribution in [1.82, 2.24) is 10.2 Å². The Bertz CT molecular complexity index is 238. The van der Waals surface area contributed by atoms with Crippen LogP contribution >= 0.6 is 0 Å². The highest BCUT2D eigenvalue weighted by atomic mass is 16.5. The molecular weight excluding hydrogens is 228 g/mol. The molecule has 1 unspecified atom stereocenters. The van der Waals surface area contributed by atoms with Crippen LogP contribution in [0.3, 0.4) is 0 Å². The third-order valence-corrected chi connectivity index (χ3v) is 3.60. The van der Waals surface area contributed by atoms with Crippen molar-refractivity contribution in [2.24, 2.45) is 0 Å². The first kappa shape index (κ1) is 15.4. The van der Waals surface area contributed by atoms with Gasteiger partial charge in [-0.05, 0) is 39.7 Å². The molecule has 1 saturated heterocycles. The predicted octanol–water partition coefficient (Wildman–Crippen LogP) is 1.79. The van der Waals surface area contributed by atoms with Crippen LogP contribution in [-0.4, -0.2) is 49.7 Å². The highest BCUT2D eigenvalue weighted by molar-refractivity contribution is 5.76. The van der Waals surface area contributed by atoms with E-state index in [2.05, 4.69) is 19.2 Å². The van der Waals surface area contributed by atoms with Crippen LogP contribution in [0.4, 0.5) is 0 Å². The summed E-state index contributed by atoms with van der Waals surface area (Å²) in [6.07, 6.45) is 5.40.